The average molecular weight is 502 g/mol. The van der Waals surface area contributed by atoms with Gasteiger partial charge in [0.25, 0.3) is 0 Å². The minimum atomic E-state index is -3.99. The van der Waals surface area contributed by atoms with Gasteiger partial charge in [-0.2, -0.15) is 4.72 Å². The molecule has 3 aromatic rings. The Labute approximate surface area is 204 Å². The number of benzene rings is 1. The Morgan fingerprint density at radius 3 is 2.66 bits per heavy atom. The molecular weight excluding hydrogens is 470 g/mol. The Hall–Kier alpha value is -3.31. The molecule has 11 heteroatoms. The lowest BCUT2D eigenvalue weighted by Gasteiger charge is -2.34. The number of anilines is 1. The fourth-order valence-corrected chi connectivity index (χ4v) is 6.02. The maximum atomic E-state index is 13.5. The molecule has 1 unspecified atom stereocenters. The zero-order valence-corrected chi connectivity index (χ0v) is 20.5. The van der Waals surface area contributed by atoms with E-state index in [0.717, 1.165) is 0 Å². The lowest BCUT2D eigenvalue weighted by molar-refractivity contribution is -0.142. The third-order valence-corrected chi connectivity index (χ3v) is 8.10. The lowest BCUT2D eigenvalue weighted by Crippen LogP contribution is -2.51. The number of hydrogen-bond acceptors (Lipinski definition) is 6. The number of esters is 1. The number of nitrogens with zero attached hydrogens (tertiary/aromatic N) is 2. The molecule has 0 spiro atoms. The second-order valence-corrected chi connectivity index (χ2v) is 10.5. The van der Waals surface area contributed by atoms with Crippen molar-refractivity contribution in [3.63, 3.8) is 0 Å². The van der Waals surface area contributed by atoms with Gasteiger partial charge in [-0.05, 0) is 55.5 Å². The molecule has 1 atom stereocenters. The van der Waals surface area contributed by atoms with Crippen LogP contribution < -0.4 is 10.5 Å². The maximum absolute atomic E-state index is 13.5. The predicted octanol–water partition coefficient (Wildman–Crippen LogP) is 2.09. The van der Waals surface area contributed by atoms with Gasteiger partial charge in [0.05, 0.1) is 12.0 Å². The van der Waals surface area contributed by atoms with E-state index in [-0.39, 0.29) is 29.1 Å². The van der Waals surface area contributed by atoms with Crippen LogP contribution in [0.1, 0.15) is 25.7 Å². The summed E-state index contributed by atoms with van der Waals surface area (Å²) in [6, 6.07) is 9.28. The van der Waals surface area contributed by atoms with E-state index >= 15 is 0 Å². The third kappa shape index (κ3) is 5.68. The molecule has 35 heavy (non-hydrogen) atoms. The number of hydrogen-bond donors (Lipinski definition) is 3. The number of ether oxygens (including phenoxy) is 1. The molecule has 1 amide bonds. The van der Waals surface area contributed by atoms with Crippen LogP contribution in [0.5, 0.6) is 0 Å². The quantitative estimate of drug-likeness (QED) is 0.384. The summed E-state index contributed by atoms with van der Waals surface area (Å²) in [5.74, 6) is 0.146. The minimum Gasteiger partial charge on any atom is -0.469 e. The van der Waals surface area contributed by atoms with Crippen molar-refractivity contribution < 1.29 is 22.7 Å². The van der Waals surface area contributed by atoms with Crippen molar-refractivity contribution in [2.45, 2.75) is 43.2 Å². The van der Waals surface area contributed by atoms with Crippen molar-refractivity contribution in [2.75, 3.05) is 25.9 Å². The summed E-state index contributed by atoms with van der Waals surface area (Å²) in [5.41, 5.74) is 6.67. The Morgan fingerprint density at radius 1 is 1.20 bits per heavy atom. The minimum absolute atomic E-state index is 0.117. The lowest BCUT2D eigenvalue weighted by atomic mass is 9.93. The molecule has 0 bridgehead atoms. The smallest absolute Gasteiger partial charge is 0.305 e. The molecule has 1 fully saturated rings. The molecule has 10 nitrogen and oxygen atoms in total. The van der Waals surface area contributed by atoms with Crippen molar-refractivity contribution in [1.82, 2.24) is 19.2 Å². The number of methoxy groups -OCH3 is 1. The van der Waals surface area contributed by atoms with Gasteiger partial charge in [-0.3, -0.25) is 9.59 Å². The highest BCUT2D eigenvalue weighted by molar-refractivity contribution is 7.89. The summed E-state index contributed by atoms with van der Waals surface area (Å²) in [4.78, 5) is 29.9. The molecule has 2 aromatic heterocycles. The van der Waals surface area contributed by atoms with Crippen molar-refractivity contribution >= 4 is 38.6 Å². The van der Waals surface area contributed by atoms with Crippen LogP contribution in [0.2, 0.25) is 0 Å². The van der Waals surface area contributed by atoms with Crippen molar-refractivity contribution in [1.29, 1.82) is 0 Å². The SMILES string of the molecule is COC(=O)CC1CCN(C(=O)C(CCn2cccc2N)NS(=O)(=O)c2cccc3[nH]ccc23)CC1. The van der Waals surface area contributed by atoms with Crippen LogP contribution in [0.4, 0.5) is 5.82 Å². The van der Waals surface area contributed by atoms with Gasteiger partial charge in [0.15, 0.2) is 0 Å². The molecule has 1 saturated heterocycles. The summed E-state index contributed by atoms with van der Waals surface area (Å²) in [6.45, 7) is 1.29. The van der Waals surface area contributed by atoms with Gasteiger partial charge in [-0.1, -0.05) is 6.07 Å². The summed E-state index contributed by atoms with van der Waals surface area (Å²) < 4.78 is 36.0. The zero-order valence-electron chi connectivity index (χ0n) is 19.6. The maximum Gasteiger partial charge on any atom is 0.305 e. The number of likely N-dealkylation sites (tertiary alicyclic amines) is 1. The molecule has 1 aromatic carbocycles. The number of sulfonamides is 1. The van der Waals surface area contributed by atoms with Crippen molar-refractivity contribution in [3.8, 4) is 0 Å². The van der Waals surface area contributed by atoms with Gasteiger partial charge in [0, 0.05) is 49.4 Å². The largest absolute Gasteiger partial charge is 0.469 e. The molecule has 1 aliphatic heterocycles. The van der Waals surface area contributed by atoms with E-state index in [9.17, 15) is 18.0 Å². The molecule has 0 saturated carbocycles. The summed E-state index contributed by atoms with van der Waals surface area (Å²) >= 11 is 0. The number of fused-ring (bicyclic) bond motifs is 1. The Morgan fingerprint density at radius 2 is 1.97 bits per heavy atom. The first kappa shape index (κ1) is 24.8. The van der Waals surface area contributed by atoms with Crippen LogP contribution in [0.3, 0.4) is 0 Å². The molecule has 4 rings (SSSR count). The first-order valence-corrected chi connectivity index (χ1v) is 13.1. The number of carbonyl (C=O) groups is 2. The molecule has 0 aliphatic carbocycles. The van der Waals surface area contributed by atoms with Crippen molar-refractivity contribution in [2.24, 2.45) is 5.92 Å². The molecule has 4 N–H and O–H groups in total. The van der Waals surface area contributed by atoms with E-state index in [1.54, 1.807) is 52.2 Å². The normalized spacial score (nSPS) is 15.9. The predicted molar refractivity (Wildman–Crippen MR) is 132 cm³/mol. The fourth-order valence-electron chi connectivity index (χ4n) is 4.57. The fraction of sp³-hybridized carbons (Fsp3) is 0.417. The first-order valence-electron chi connectivity index (χ1n) is 11.6. The number of rotatable bonds is 9. The second-order valence-electron chi connectivity index (χ2n) is 8.83. The summed E-state index contributed by atoms with van der Waals surface area (Å²) in [6.07, 6.45) is 5.36. The highest BCUT2D eigenvalue weighted by atomic mass is 32.2. The number of H-pyrrole nitrogens is 1. The highest BCUT2D eigenvalue weighted by Crippen LogP contribution is 2.24. The molecule has 1 aliphatic rings. The standard InChI is InChI=1S/C24H31N5O5S/c1-34-23(30)16-17-8-13-29(14-9-17)24(31)20(10-15-28-12-3-6-22(28)25)27-35(32,33)21-5-2-4-19-18(21)7-11-26-19/h2-7,11-12,17,20,26-27H,8-10,13-16,25H2,1H3. The van der Waals surface area contributed by atoms with Gasteiger partial charge in [-0.25, -0.2) is 8.42 Å². The van der Waals surface area contributed by atoms with Crippen LogP contribution in [-0.4, -0.2) is 61.0 Å². The number of aromatic nitrogens is 2. The van der Waals surface area contributed by atoms with Gasteiger partial charge < -0.3 is 24.9 Å². The summed E-state index contributed by atoms with van der Waals surface area (Å²) in [5, 5.41) is 0.560. The number of aromatic amines is 1. The van der Waals surface area contributed by atoms with Crippen LogP contribution in [0.15, 0.2) is 53.7 Å². The highest BCUT2D eigenvalue weighted by Gasteiger charge is 2.32. The van der Waals surface area contributed by atoms with E-state index < -0.39 is 16.1 Å². The van der Waals surface area contributed by atoms with Crippen LogP contribution >= 0.6 is 0 Å². The van der Waals surface area contributed by atoms with Crippen LogP contribution in [0.25, 0.3) is 10.9 Å². The second kappa shape index (κ2) is 10.5. The zero-order chi connectivity index (χ0) is 25.0. The van der Waals surface area contributed by atoms with E-state index in [1.165, 1.54) is 13.2 Å². The number of amides is 1. The molecule has 0 radical (unpaired) electrons. The Kier molecular flexibility index (Phi) is 7.46. The molecule has 188 valence electrons. The van der Waals surface area contributed by atoms with E-state index in [4.69, 9.17) is 10.5 Å². The first-order chi connectivity index (χ1) is 16.8. The van der Waals surface area contributed by atoms with Crippen molar-refractivity contribution in [3.05, 3.63) is 48.8 Å². The van der Waals surface area contributed by atoms with E-state index in [1.807, 2.05) is 0 Å². The Balaban J connectivity index is 1.52. The van der Waals surface area contributed by atoms with Gasteiger partial charge >= 0.3 is 5.97 Å². The molecule has 3 heterocycles. The van der Waals surface area contributed by atoms with E-state index in [0.29, 0.717) is 55.6 Å². The number of carbonyl (C=O) groups excluding carboxylic acids is 2. The van der Waals surface area contributed by atoms with Gasteiger partial charge in [0.1, 0.15) is 11.9 Å². The number of nitrogens with one attached hydrogen (secondary N) is 2. The van der Waals surface area contributed by atoms with Gasteiger partial charge in [0.2, 0.25) is 15.9 Å². The number of aryl methyl sites for hydroxylation is 1. The number of nitrogen functional groups attached to an aromatic ring is 1. The third-order valence-electron chi connectivity index (χ3n) is 6.57. The van der Waals surface area contributed by atoms with Gasteiger partial charge in [-0.15, -0.1) is 0 Å². The monoisotopic (exact) mass is 501 g/mol. The van der Waals surface area contributed by atoms with Crippen LogP contribution in [-0.2, 0) is 30.9 Å². The summed E-state index contributed by atoms with van der Waals surface area (Å²) in [7, 11) is -2.63. The topological polar surface area (TPSA) is 140 Å². The van der Waals surface area contributed by atoms with Crippen LogP contribution in [0, 0.1) is 5.92 Å². The molecular formula is C24H31N5O5S. The average Bonchev–Trinajstić information content (AvgIpc) is 3.50. The Bertz CT molecular complexity index is 1290. The van der Waals surface area contributed by atoms with E-state index in [2.05, 4.69) is 9.71 Å². The number of piperidine rings is 1. The number of nitrogens with two attached hydrogens (primary N) is 1.